The van der Waals surface area contributed by atoms with E-state index < -0.39 is 53.4 Å². The lowest BCUT2D eigenvalue weighted by molar-refractivity contribution is -0.143. The van der Waals surface area contributed by atoms with Crippen molar-refractivity contribution in [2.75, 3.05) is 7.11 Å². The van der Waals surface area contributed by atoms with Crippen LogP contribution in [0.15, 0.2) is 78.9 Å². The third-order valence-electron chi connectivity index (χ3n) is 7.52. The highest BCUT2D eigenvalue weighted by Crippen LogP contribution is 2.34. The van der Waals surface area contributed by atoms with Gasteiger partial charge in [0.05, 0.1) is 19.3 Å². The number of carbonyl (C=O) groups is 3. The number of ether oxygens (including phenoxy) is 2. The van der Waals surface area contributed by atoms with Gasteiger partial charge >= 0.3 is 12.1 Å². The van der Waals surface area contributed by atoms with Gasteiger partial charge in [0.2, 0.25) is 5.91 Å². The fourth-order valence-corrected chi connectivity index (χ4v) is 5.09. The van der Waals surface area contributed by atoms with Crippen LogP contribution in [0.25, 0.3) is 0 Å². The smallest absolute Gasteiger partial charge is 0.407 e. The van der Waals surface area contributed by atoms with Gasteiger partial charge in [-0.25, -0.2) is 4.79 Å². The van der Waals surface area contributed by atoms with Gasteiger partial charge in [-0.15, -0.1) is 0 Å². The van der Waals surface area contributed by atoms with E-state index in [0.29, 0.717) is 17.7 Å². The molecule has 0 bridgehead atoms. The topological polar surface area (TPSA) is 206 Å². The van der Waals surface area contributed by atoms with E-state index >= 15 is 0 Å². The van der Waals surface area contributed by atoms with Gasteiger partial charge in [0.15, 0.2) is 0 Å². The van der Waals surface area contributed by atoms with Crippen molar-refractivity contribution < 1.29 is 39.2 Å². The summed E-state index contributed by atoms with van der Waals surface area (Å²) >= 11 is 0. The van der Waals surface area contributed by atoms with Crippen molar-refractivity contribution in [2.24, 2.45) is 11.5 Å². The molecule has 3 aromatic rings. The first-order valence-electron chi connectivity index (χ1n) is 14.8. The number of alkyl carbamates (subject to hydrolysis) is 1. The van der Waals surface area contributed by atoms with Crippen LogP contribution < -0.4 is 26.8 Å². The molecule has 2 amide bonds. The minimum absolute atomic E-state index is 0.211. The van der Waals surface area contributed by atoms with Crippen molar-refractivity contribution in [3.63, 3.8) is 0 Å². The number of carboxylic acid groups (broad SMARTS) is 1. The van der Waals surface area contributed by atoms with E-state index in [2.05, 4.69) is 10.6 Å². The van der Waals surface area contributed by atoms with E-state index in [9.17, 15) is 29.7 Å². The van der Waals surface area contributed by atoms with E-state index in [1.54, 1.807) is 64.3 Å². The lowest BCUT2D eigenvalue weighted by atomic mass is 9.90. The molecular weight excluding hydrogens is 592 g/mol. The second-order valence-electron chi connectivity index (χ2n) is 12.1. The zero-order chi connectivity index (χ0) is 34.1. The molecule has 248 valence electrons. The highest BCUT2D eigenvalue weighted by atomic mass is 16.6. The standard InChI is InChI=1S/C24H32N2O6.C10H12N2O2/c1-24(2,3)32-23(30)26-19(14-16-8-6-5-7-9-16)21(27)20(22(28)29)25-15-17-10-12-18(31-4)13-11-17;11-9(14)10(12)7-4-2-1-3-6(7)5-8(10)13/h5-13,19-21,25,27H,14-15H2,1-4H3,(H,26,30)(H,28,29);1-4,8,13H,5,12H2,(H2,11,14)/t19-,20+,21-;8-,10+/m01/s1. The van der Waals surface area contributed by atoms with Crippen LogP contribution in [0.2, 0.25) is 0 Å². The number of hydrogen-bond donors (Lipinski definition) is 7. The molecule has 1 aliphatic carbocycles. The Morgan fingerprint density at radius 3 is 2.15 bits per heavy atom. The van der Waals surface area contributed by atoms with Crippen LogP contribution in [0.1, 0.15) is 43.0 Å². The largest absolute Gasteiger partial charge is 0.497 e. The van der Waals surface area contributed by atoms with Crippen LogP contribution in [0.3, 0.4) is 0 Å². The fourth-order valence-electron chi connectivity index (χ4n) is 5.09. The normalized spacial score (nSPS) is 19.0. The molecule has 46 heavy (non-hydrogen) atoms. The number of amides is 2. The van der Waals surface area contributed by atoms with E-state index in [0.717, 1.165) is 16.7 Å². The fraction of sp³-hybridized carbons (Fsp3) is 0.382. The molecule has 0 heterocycles. The van der Waals surface area contributed by atoms with Gasteiger partial charge < -0.3 is 41.6 Å². The highest BCUT2D eigenvalue weighted by Gasteiger charge is 2.47. The number of hydrogen-bond acceptors (Lipinski definition) is 9. The van der Waals surface area contributed by atoms with Crippen LogP contribution in [0.4, 0.5) is 4.79 Å². The molecule has 0 fully saturated rings. The van der Waals surface area contributed by atoms with Gasteiger partial charge in [0.25, 0.3) is 0 Å². The molecule has 0 spiro atoms. The Hall–Kier alpha value is -4.49. The monoisotopic (exact) mass is 636 g/mol. The van der Waals surface area contributed by atoms with Gasteiger partial charge in [-0.05, 0) is 61.6 Å². The summed E-state index contributed by atoms with van der Waals surface area (Å²) in [6, 6.07) is 21.3. The number of rotatable bonds is 11. The molecule has 0 saturated carbocycles. The summed E-state index contributed by atoms with van der Waals surface area (Å²) in [4.78, 5) is 35.6. The van der Waals surface area contributed by atoms with Crippen LogP contribution in [0.5, 0.6) is 5.75 Å². The van der Waals surface area contributed by atoms with Gasteiger partial charge in [-0.3, -0.25) is 14.9 Å². The summed E-state index contributed by atoms with van der Waals surface area (Å²) in [7, 11) is 1.56. The summed E-state index contributed by atoms with van der Waals surface area (Å²) in [5, 5.41) is 36.0. The Kier molecular flexibility index (Phi) is 12.3. The third-order valence-corrected chi connectivity index (χ3v) is 7.52. The number of methoxy groups -OCH3 is 1. The van der Waals surface area contributed by atoms with Gasteiger partial charge in [0, 0.05) is 13.0 Å². The number of aliphatic carboxylic acids is 1. The van der Waals surface area contributed by atoms with Crippen LogP contribution in [-0.2, 0) is 39.3 Å². The SMILES string of the molecule is COc1ccc(CN[C@@H](C(=O)O)[C@@H](O)[C@H](Cc2ccccc2)NC(=O)OC(C)(C)C)cc1.NC(=O)[C@]1(N)c2ccccc2C[C@H]1O. The predicted molar refractivity (Wildman–Crippen MR) is 172 cm³/mol. The van der Waals surface area contributed by atoms with Gasteiger partial charge in [-0.1, -0.05) is 66.7 Å². The quantitative estimate of drug-likeness (QED) is 0.163. The Morgan fingerprint density at radius 1 is 0.978 bits per heavy atom. The zero-order valence-corrected chi connectivity index (χ0v) is 26.5. The number of aliphatic hydroxyl groups is 2. The summed E-state index contributed by atoms with van der Waals surface area (Å²) in [6.07, 6.45) is -2.45. The first-order chi connectivity index (χ1) is 21.6. The van der Waals surface area contributed by atoms with Crippen molar-refractivity contribution >= 4 is 18.0 Å². The number of aliphatic hydroxyl groups excluding tert-OH is 2. The number of primary amides is 1. The Labute approximate surface area is 268 Å². The summed E-state index contributed by atoms with van der Waals surface area (Å²) in [6.45, 7) is 5.39. The number of nitrogens with one attached hydrogen (secondary N) is 2. The number of fused-ring (bicyclic) bond motifs is 1. The Morgan fingerprint density at radius 2 is 1.59 bits per heavy atom. The first-order valence-corrected chi connectivity index (χ1v) is 14.8. The number of benzene rings is 3. The molecule has 9 N–H and O–H groups in total. The Bertz CT molecular complexity index is 1460. The maximum absolute atomic E-state index is 12.4. The molecule has 0 aliphatic heterocycles. The maximum Gasteiger partial charge on any atom is 0.407 e. The minimum Gasteiger partial charge on any atom is -0.497 e. The molecule has 5 atom stereocenters. The van der Waals surface area contributed by atoms with E-state index in [4.69, 9.17) is 20.9 Å². The molecule has 12 nitrogen and oxygen atoms in total. The van der Waals surface area contributed by atoms with Gasteiger partial charge in [-0.2, -0.15) is 0 Å². The molecule has 0 aromatic heterocycles. The van der Waals surface area contributed by atoms with Crippen molar-refractivity contribution in [1.29, 1.82) is 0 Å². The molecule has 1 aliphatic rings. The maximum atomic E-state index is 12.4. The van der Waals surface area contributed by atoms with Crippen molar-refractivity contribution in [3.05, 3.63) is 101 Å². The third kappa shape index (κ3) is 9.51. The molecule has 12 heteroatoms. The summed E-state index contributed by atoms with van der Waals surface area (Å²) in [5.74, 6) is -1.22. The number of carboxylic acids is 1. The van der Waals surface area contributed by atoms with Crippen LogP contribution >= 0.6 is 0 Å². The van der Waals surface area contributed by atoms with E-state index in [-0.39, 0.29) is 13.0 Å². The van der Waals surface area contributed by atoms with E-state index in [1.165, 1.54) is 0 Å². The number of carbonyl (C=O) groups excluding carboxylic acids is 2. The zero-order valence-electron chi connectivity index (χ0n) is 26.5. The lowest BCUT2D eigenvalue weighted by Crippen LogP contribution is -2.57. The van der Waals surface area contributed by atoms with Crippen molar-refractivity contribution in [3.8, 4) is 5.75 Å². The average molecular weight is 637 g/mol. The van der Waals surface area contributed by atoms with Crippen LogP contribution in [0, 0.1) is 0 Å². The first kappa shape index (κ1) is 36.0. The number of nitrogens with two attached hydrogens (primary N) is 2. The predicted octanol–water partition coefficient (Wildman–Crippen LogP) is 1.98. The Balaban J connectivity index is 0.000000339. The molecule has 3 aromatic carbocycles. The van der Waals surface area contributed by atoms with E-state index in [1.807, 2.05) is 42.5 Å². The summed E-state index contributed by atoms with van der Waals surface area (Å²) < 4.78 is 10.4. The van der Waals surface area contributed by atoms with Crippen LogP contribution in [-0.4, -0.2) is 70.3 Å². The molecule has 0 saturated heterocycles. The van der Waals surface area contributed by atoms with Crippen molar-refractivity contribution in [1.82, 2.24) is 10.6 Å². The molecule has 0 unspecified atom stereocenters. The average Bonchev–Trinajstić information content (AvgIpc) is 3.27. The second-order valence-corrected chi connectivity index (χ2v) is 12.1. The molecular formula is C34H44N4O8. The van der Waals surface area contributed by atoms with Gasteiger partial charge in [0.1, 0.15) is 29.0 Å². The summed E-state index contributed by atoms with van der Waals surface area (Å²) in [5.41, 5.74) is 12.1. The lowest BCUT2D eigenvalue weighted by Gasteiger charge is -2.30. The highest BCUT2D eigenvalue weighted by molar-refractivity contribution is 5.88. The molecule has 0 radical (unpaired) electrons. The van der Waals surface area contributed by atoms with Crippen molar-refractivity contribution in [2.45, 2.75) is 75.6 Å². The minimum atomic E-state index is -1.42. The molecule has 4 rings (SSSR count). The second kappa shape index (κ2) is 15.7.